The van der Waals surface area contributed by atoms with Gasteiger partial charge in [-0.1, -0.05) is 11.6 Å². The normalized spacial score (nSPS) is 13.1. The second kappa shape index (κ2) is 6.64. The van der Waals surface area contributed by atoms with Gasteiger partial charge in [-0.15, -0.1) is 11.3 Å². The average Bonchev–Trinajstić information content (AvgIpc) is 2.65. The number of rotatable bonds is 6. The van der Waals surface area contributed by atoms with E-state index in [1.54, 1.807) is 23.9 Å². The molecule has 90 valence electrons. The Morgan fingerprint density at radius 1 is 1.62 bits per heavy atom. The maximum atomic E-state index is 11.9. The van der Waals surface area contributed by atoms with Crippen molar-refractivity contribution < 1.29 is 4.79 Å². The summed E-state index contributed by atoms with van der Waals surface area (Å²) in [5, 5.41) is 0. The number of hydrogen-bond acceptors (Lipinski definition) is 4. The van der Waals surface area contributed by atoms with Gasteiger partial charge in [-0.2, -0.15) is 11.8 Å². The molecule has 0 bridgehead atoms. The molecule has 1 heterocycles. The van der Waals surface area contributed by atoms with Crippen molar-refractivity contribution in [3.05, 3.63) is 21.3 Å². The van der Waals surface area contributed by atoms with Gasteiger partial charge in [0.15, 0.2) is 5.78 Å². The van der Waals surface area contributed by atoms with Crippen molar-refractivity contribution >= 4 is 40.5 Å². The van der Waals surface area contributed by atoms with E-state index < -0.39 is 0 Å². The van der Waals surface area contributed by atoms with Gasteiger partial charge in [0.2, 0.25) is 0 Å². The van der Waals surface area contributed by atoms with Crippen LogP contribution in [0.1, 0.15) is 16.6 Å². The molecule has 0 aromatic carbocycles. The Hall–Kier alpha value is -0.0300. The summed E-state index contributed by atoms with van der Waals surface area (Å²) in [5.41, 5.74) is 0. The van der Waals surface area contributed by atoms with E-state index in [1.165, 1.54) is 11.3 Å². The van der Waals surface area contributed by atoms with E-state index in [1.807, 2.05) is 7.05 Å². The zero-order chi connectivity index (χ0) is 12.1. The Balaban J connectivity index is 2.51. The zero-order valence-electron chi connectivity index (χ0n) is 9.70. The minimum atomic E-state index is 0.146. The third-order valence-corrected chi connectivity index (χ3v) is 4.49. The van der Waals surface area contributed by atoms with E-state index in [2.05, 4.69) is 18.1 Å². The first-order valence-electron chi connectivity index (χ1n) is 5.02. The summed E-state index contributed by atoms with van der Waals surface area (Å²) in [5.74, 6) is 1.18. The molecule has 0 radical (unpaired) electrons. The molecule has 1 aromatic rings. The maximum absolute atomic E-state index is 11.9. The van der Waals surface area contributed by atoms with Crippen LogP contribution in [0.25, 0.3) is 0 Å². The van der Waals surface area contributed by atoms with Crippen molar-refractivity contribution in [2.75, 3.05) is 25.6 Å². The predicted octanol–water partition coefficient (Wildman–Crippen LogP) is 3.27. The van der Waals surface area contributed by atoms with Crippen molar-refractivity contribution in [3.8, 4) is 0 Å². The van der Waals surface area contributed by atoms with Crippen LogP contribution in [0.15, 0.2) is 12.1 Å². The Bertz CT molecular complexity index is 354. The summed E-state index contributed by atoms with van der Waals surface area (Å²) in [4.78, 5) is 14.7. The van der Waals surface area contributed by atoms with Crippen LogP contribution in [0, 0.1) is 0 Å². The van der Waals surface area contributed by atoms with Gasteiger partial charge in [0.1, 0.15) is 0 Å². The molecule has 0 spiro atoms. The van der Waals surface area contributed by atoms with Crippen LogP contribution in [-0.2, 0) is 0 Å². The molecule has 2 nitrogen and oxygen atoms in total. The molecule has 0 saturated carbocycles. The number of halogens is 1. The van der Waals surface area contributed by atoms with Crippen LogP contribution in [0.3, 0.4) is 0 Å². The fraction of sp³-hybridized carbons (Fsp3) is 0.545. The summed E-state index contributed by atoms with van der Waals surface area (Å²) in [6.07, 6.45) is 2.07. The van der Waals surface area contributed by atoms with E-state index in [-0.39, 0.29) is 5.78 Å². The lowest BCUT2D eigenvalue weighted by Crippen LogP contribution is -2.35. The lowest BCUT2D eigenvalue weighted by Gasteiger charge is -2.22. The number of ketones is 1. The fourth-order valence-corrected chi connectivity index (χ4v) is 3.00. The molecule has 1 aromatic heterocycles. The highest BCUT2D eigenvalue weighted by Gasteiger charge is 2.15. The van der Waals surface area contributed by atoms with E-state index in [0.717, 1.165) is 10.6 Å². The van der Waals surface area contributed by atoms with Crippen LogP contribution in [0.2, 0.25) is 4.34 Å². The van der Waals surface area contributed by atoms with Crippen LogP contribution >= 0.6 is 34.7 Å². The highest BCUT2D eigenvalue weighted by molar-refractivity contribution is 7.98. The van der Waals surface area contributed by atoms with E-state index in [0.29, 0.717) is 16.9 Å². The number of likely N-dealkylation sites (N-methyl/N-ethyl adjacent to an activating group) is 1. The van der Waals surface area contributed by atoms with Crippen LogP contribution in [0.4, 0.5) is 0 Å². The minimum absolute atomic E-state index is 0.146. The Morgan fingerprint density at radius 2 is 2.31 bits per heavy atom. The second-order valence-corrected chi connectivity index (χ2v) is 6.37. The molecule has 0 N–H and O–H groups in total. The molecule has 16 heavy (non-hydrogen) atoms. The standard InChI is InChI=1S/C11H16ClNOS2/c1-8(7-15-3)13(2)6-9(14)10-4-5-11(12)16-10/h4-5,8H,6-7H2,1-3H3. The average molecular weight is 278 g/mol. The number of hydrogen-bond donors (Lipinski definition) is 0. The van der Waals surface area contributed by atoms with Crippen LogP contribution < -0.4 is 0 Å². The first-order valence-corrected chi connectivity index (χ1v) is 7.61. The first kappa shape index (κ1) is 14.0. The first-order chi connectivity index (χ1) is 7.54. The molecular formula is C11H16ClNOS2. The van der Waals surface area contributed by atoms with E-state index in [4.69, 9.17) is 11.6 Å². The number of thiophene rings is 1. The number of carbonyl (C=O) groups excluding carboxylic acids is 1. The summed E-state index contributed by atoms with van der Waals surface area (Å²) in [6.45, 7) is 2.59. The number of nitrogens with zero attached hydrogens (tertiary/aromatic N) is 1. The molecule has 1 rings (SSSR count). The van der Waals surface area contributed by atoms with Gasteiger partial charge in [0, 0.05) is 11.8 Å². The number of thioether (sulfide) groups is 1. The highest BCUT2D eigenvalue weighted by atomic mass is 35.5. The smallest absolute Gasteiger partial charge is 0.186 e. The van der Waals surface area contributed by atoms with Crippen LogP contribution in [0.5, 0.6) is 0 Å². The third kappa shape index (κ3) is 4.09. The molecular weight excluding hydrogens is 262 g/mol. The third-order valence-electron chi connectivity index (χ3n) is 2.40. The Morgan fingerprint density at radius 3 is 2.81 bits per heavy atom. The SMILES string of the molecule is CSCC(C)N(C)CC(=O)c1ccc(Cl)s1. The molecule has 0 saturated heterocycles. The topological polar surface area (TPSA) is 20.3 Å². The zero-order valence-corrected chi connectivity index (χ0v) is 12.1. The van der Waals surface area contributed by atoms with Crippen molar-refractivity contribution in [1.29, 1.82) is 0 Å². The Labute approximate surface area is 110 Å². The summed E-state index contributed by atoms with van der Waals surface area (Å²) in [7, 11) is 1.98. The van der Waals surface area contributed by atoms with Gasteiger partial charge in [-0.05, 0) is 32.4 Å². The molecule has 0 fully saturated rings. The minimum Gasteiger partial charge on any atom is -0.295 e. The predicted molar refractivity (Wildman–Crippen MR) is 74.1 cm³/mol. The molecule has 0 aliphatic carbocycles. The van der Waals surface area contributed by atoms with E-state index >= 15 is 0 Å². The summed E-state index contributed by atoms with van der Waals surface area (Å²) < 4.78 is 0.670. The van der Waals surface area contributed by atoms with Crippen molar-refractivity contribution in [3.63, 3.8) is 0 Å². The van der Waals surface area contributed by atoms with Crippen molar-refractivity contribution in [2.24, 2.45) is 0 Å². The monoisotopic (exact) mass is 277 g/mol. The largest absolute Gasteiger partial charge is 0.295 e. The van der Waals surface area contributed by atoms with Gasteiger partial charge < -0.3 is 0 Å². The molecule has 0 aliphatic rings. The van der Waals surface area contributed by atoms with Crippen molar-refractivity contribution in [2.45, 2.75) is 13.0 Å². The molecule has 5 heteroatoms. The van der Waals surface area contributed by atoms with Crippen molar-refractivity contribution in [1.82, 2.24) is 4.90 Å². The van der Waals surface area contributed by atoms with Gasteiger partial charge >= 0.3 is 0 Å². The maximum Gasteiger partial charge on any atom is 0.186 e. The lowest BCUT2D eigenvalue weighted by atomic mass is 10.2. The Kier molecular flexibility index (Phi) is 5.83. The fourth-order valence-electron chi connectivity index (χ4n) is 1.29. The van der Waals surface area contributed by atoms with Gasteiger partial charge in [0.05, 0.1) is 15.8 Å². The highest BCUT2D eigenvalue weighted by Crippen LogP contribution is 2.22. The molecule has 1 unspecified atom stereocenters. The summed E-state index contributed by atoms with van der Waals surface area (Å²) >= 11 is 8.94. The lowest BCUT2D eigenvalue weighted by molar-refractivity contribution is 0.0935. The number of Topliss-reactive ketones (excluding diaryl/α,β-unsaturated/α-hetero) is 1. The number of carbonyl (C=O) groups is 1. The van der Waals surface area contributed by atoms with Crippen LogP contribution in [-0.4, -0.2) is 42.3 Å². The van der Waals surface area contributed by atoms with Gasteiger partial charge in [0.25, 0.3) is 0 Å². The summed E-state index contributed by atoms with van der Waals surface area (Å²) in [6, 6.07) is 3.97. The van der Waals surface area contributed by atoms with Gasteiger partial charge in [-0.25, -0.2) is 0 Å². The van der Waals surface area contributed by atoms with E-state index in [9.17, 15) is 4.79 Å². The second-order valence-electron chi connectivity index (χ2n) is 3.75. The molecule has 0 aliphatic heterocycles. The molecule has 0 amide bonds. The quantitative estimate of drug-likeness (QED) is 0.745. The van der Waals surface area contributed by atoms with Gasteiger partial charge in [-0.3, -0.25) is 9.69 Å². The molecule has 1 atom stereocenters.